The van der Waals surface area contributed by atoms with E-state index in [4.69, 9.17) is 25.5 Å². The molecule has 0 aliphatic rings. The summed E-state index contributed by atoms with van der Waals surface area (Å²) in [5.41, 5.74) is 0. The normalized spacial score (nSPS) is 18.7. The fraction of sp³-hybridized carbons (Fsp3) is 0.714. The van der Waals surface area contributed by atoms with E-state index in [9.17, 15) is 9.59 Å². The zero-order valence-electron chi connectivity index (χ0n) is 7.65. The maximum Gasteiger partial charge on any atom is 0.257 e. The molecule has 0 aromatic rings. The zero-order valence-corrected chi connectivity index (χ0v) is 7.65. The number of nitrogens with one attached hydrogen (secondary N) is 1. The lowest BCUT2D eigenvalue weighted by molar-refractivity contribution is -0.149. The van der Waals surface area contributed by atoms with Gasteiger partial charge in [-0.2, -0.15) is 0 Å². The van der Waals surface area contributed by atoms with E-state index in [0.717, 1.165) is 0 Å². The molecule has 8 heteroatoms. The summed E-state index contributed by atoms with van der Waals surface area (Å²) in [6.07, 6.45) is -7.69. The topological polar surface area (TPSA) is 147 Å². The molecule has 0 saturated carbocycles. The Morgan fingerprint density at radius 2 is 1.73 bits per heavy atom. The number of imide groups is 1. The number of hydrogen-bond acceptors (Lipinski definition) is 7. The third-order valence-corrected chi connectivity index (χ3v) is 1.72. The number of carbonyl (C=O) groups is 2. The molecule has 0 saturated heterocycles. The van der Waals surface area contributed by atoms with Gasteiger partial charge in [0.2, 0.25) is 6.41 Å². The highest BCUT2D eigenvalue weighted by Crippen LogP contribution is 2.04. The molecule has 0 bridgehead atoms. The number of aliphatic hydroxyl groups is 5. The second kappa shape index (κ2) is 6.43. The summed E-state index contributed by atoms with van der Waals surface area (Å²) < 4.78 is 0. The van der Waals surface area contributed by atoms with Gasteiger partial charge in [0.05, 0.1) is 6.61 Å². The van der Waals surface area contributed by atoms with Crippen LogP contribution in [0.2, 0.25) is 0 Å². The van der Waals surface area contributed by atoms with Crippen molar-refractivity contribution in [2.75, 3.05) is 6.61 Å². The van der Waals surface area contributed by atoms with Gasteiger partial charge >= 0.3 is 0 Å². The number of amides is 2. The zero-order chi connectivity index (χ0) is 12.0. The fourth-order valence-electron chi connectivity index (χ4n) is 0.821. The van der Waals surface area contributed by atoms with E-state index < -0.39 is 36.9 Å². The first-order chi connectivity index (χ1) is 6.95. The van der Waals surface area contributed by atoms with Crippen LogP contribution in [0.25, 0.3) is 0 Å². The Bertz CT molecular complexity index is 221. The van der Waals surface area contributed by atoms with Crippen LogP contribution in [0.1, 0.15) is 0 Å². The van der Waals surface area contributed by atoms with E-state index in [2.05, 4.69) is 0 Å². The molecule has 6 N–H and O–H groups in total. The second-order valence-electron chi connectivity index (χ2n) is 2.80. The number of rotatable bonds is 6. The van der Waals surface area contributed by atoms with Gasteiger partial charge in [0.1, 0.15) is 18.3 Å². The molecule has 15 heavy (non-hydrogen) atoms. The molecule has 2 amide bonds. The van der Waals surface area contributed by atoms with Crippen molar-refractivity contribution in [3.05, 3.63) is 0 Å². The van der Waals surface area contributed by atoms with Crippen molar-refractivity contribution in [2.24, 2.45) is 0 Å². The SMILES string of the molecule is O=CNC(=O)[C@@H](O)[C@@H](O)[C@H](O)[C@H](O)CO. The van der Waals surface area contributed by atoms with E-state index in [1.807, 2.05) is 0 Å². The van der Waals surface area contributed by atoms with Gasteiger partial charge in [0.15, 0.2) is 6.10 Å². The van der Waals surface area contributed by atoms with Gasteiger partial charge in [-0.15, -0.1) is 0 Å². The monoisotopic (exact) mass is 223 g/mol. The first kappa shape index (κ1) is 13.9. The highest BCUT2D eigenvalue weighted by molar-refractivity contribution is 5.89. The summed E-state index contributed by atoms with van der Waals surface area (Å²) in [7, 11) is 0. The van der Waals surface area contributed by atoms with E-state index >= 15 is 0 Å². The molecule has 0 heterocycles. The van der Waals surface area contributed by atoms with Crippen LogP contribution in [0, 0.1) is 0 Å². The summed E-state index contributed by atoms with van der Waals surface area (Å²) >= 11 is 0. The third-order valence-electron chi connectivity index (χ3n) is 1.72. The summed E-state index contributed by atoms with van der Waals surface area (Å²) in [6, 6.07) is 0. The average Bonchev–Trinajstić information content (AvgIpc) is 2.25. The molecule has 0 rings (SSSR count). The minimum Gasteiger partial charge on any atom is -0.394 e. The van der Waals surface area contributed by atoms with Crippen molar-refractivity contribution in [1.82, 2.24) is 5.32 Å². The Morgan fingerprint density at radius 1 is 1.20 bits per heavy atom. The fourth-order valence-corrected chi connectivity index (χ4v) is 0.821. The third kappa shape index (κ3) is 3.90. The van der Waals surface area contributed by atoms with Crippen LogP contribution in [0.4, 0.5) is 0 Å². The van der Waals surface area contributed by atoms with Crippen molar-refractivity contribution in [3.63, 3.8) is 0 Å². The smallest absolute Gasteiger partial charge is 0.257 e. The van der Waals surface area contributed by atoms with Crippen molar-refractivity contribution in [2.45, 2.75) is 24.4 Å². The van der Waals surface area contributed by atoms with Crippen molar-refractivity contribution >= 4 is 12.3 Å². The molecule has 0 aliphatic carbocycles. The van der Waals surface area contributed by atoms with Crippen LogP contribution in [0.3, 0.4) is 0 Å². The first-order valence-electron chi connectivity index (χ1n) is 4.02. The minimum absolute atomic E-state index is 0.00682. The molecule has 88 valence electrons. The minimum atomic E-state index is -2.08. The van der Waals surface area contributed by atoms with E-state index in [0.29, 0.717) is 0 Å². The highest BCUT2D eigenvalue weighted by Gasteiger charge is 2.33. The molecule has 0 aromatic heterocycles. The summed E-state index contributed by atoms with van der Waals surface area (Å²) in [5, 5.41) is 46.1. The standard InChI is InChI=1S/C7H13NO7/c9-1-3(11)4(12)5(13)6(14)7(15)8-2-10/h2-6,9,11-14H,1H2,(H,8,10,15)/t3-,4-,5+,6+/m1/s1. The molecule has 0 radical (unpaired) electrons. The number of hydrogen-bond donors (Lipinski definition) is 6. The molecule has 0 unspecified atom stereocenters. The van der Waals surface area contributed by atoms with Crippen molar-refractivity contribution in [1.29, 1.82) is 0 Å². The van der Waals surface area contributed by atoms with Gasteiger partial charge < -0.3 is 25.5 Å². The van der Waals surface area contributed by atoms with E-state index in [1.165, 1.54) is 0 Å². The molecule has 0 spiro atoms. The first-order valence-corrected chi connectivity index (χ1v) is 4.02. The maximum absolute atomic E-state index is 10.8. The molecular weight excluding hydrogens is 210 g/mol. The largest absolute Gasteiger partial charge is 0.394 e. The number of carbonyl (C=O) groups excluding carboxylic acids is 2. The van der Waals surface area contributed by atoms with Crippen LogP contribution >= 0.6 is 0 Å². The maximum atomic E-state index is 10.8. The van der Waals surface area contributed by atoms with E-state index in [-0.39, 0.29) is 6.41 Å². The highest BCUT2D eigenvalue weighted by atomic mass is 16.4. The van der Waals surface area contributed by atoms with Crippen LogP contribution in [0.15, 0.2) is 0 Å². The van der Waals surface area contributed by atoms with Gasteiger partial charge in [-0.25, -0.2) is 0 Å². The molecular formula is C7H13NO7. The van der Waals surface area contributed by atoms with Crippen LogP contribution in [0.5, 0.6) is 0 Å². The van der Waals surface area contributed by atoms with Gasteiger partial charge in [0, 0.05) is 0 Å². The van der Waals surface area contributed by atoms with Gasteiger partial charge in [-0.3, -0.25) is 14.9 Å². The Hall–Kier alpha value is -1.06. The predicted octanol–water partition coefficient (Wildman–Crippen LogP) is -4.31. The van der Waals surface area contributed by atoms with Crippen LogP contribution in [-0.4, -0.2) is 68.9 Å². The van der Waals surface area contributed by atoms with Crippen molar-refractivity contribution < 1.29 is 35.1 Å². The molecule has 0 fully saturated rings. The lowest BCUT2D eigenvalue weighted by atomic mass is 10.0. The van der Waals surface area contributed by atoms with Crippen molar-refractivity contribution in [3.8, 4) is 0 Å². The molecule has 8 nitrogen and oxygen atoms in total. The lowest BCUT2D eigenvalue weighted by Crippen LogP contribution is -2.51. The van der Waals surface area contributed by atoms with Gasteiger partial charge in [-0.05, 0) is 0 Å². The Morgan fingerprint density at radius 3 is 2.13 bits per heavy atom. The van der Waals surface area contributed by atoms with Crippen LogP contribution < -0.4 is 5.32 Å². The number of aliphatic hydroxyl groups excluding tert-OH is 5. The predicted molar refractivity (Wildman–Crippen MR) is 45.3 cm³/mol. The van der Waals surface area contributed by atoms with E-state index in [1.54, 1.807) is 5.32 Å². The Kier molecular flexibility index (Phi) is 5.97. The summed E-state index contributed by atoms with van der Waals surface area (Å²) in [5.74, 6) is -1.22. The molecule has 0 aliphatic heterocycles. The summed E-state index contributed by atoms with van der Waals surface area (Å²) in [4.78, 5) is 20.6. The Labute approximate surface area is 84.8 Å². The molecule has 4 atom stereocenters. The van der Waals surface area contributed by atoms with Crippen LogP contribution in [-0.2, 0) is 9.59 Å². The molecule has 0 aromatic carbocycles. The lowest BCUT2D eigenvalue weighted by Gasteiger charge is -2.24. The Balaban J connectivity index is 4.35. The van der Waals surface area contributed by atoms with Gasteiger partial charge in [0.25, 0.3) is 5.91 Å². The average molecular weight is 223 g/mol. The summed E-state index contributed by atoms with van der Waals surface area (Å²) in [6.45, 7) is -0.847. The van der Waals surface area contributed by atoms with Gasteiger partial charge in [-0.1, -0.05) is 0 Å². The second-order valence-corrected chi connectivity index (χ2v) is 2.80. The quantitative estimate of drug-likeness (QED) is 0.249.